The first kappa shape index (κ1) is 12.5. The van der Waals surface area contributed by atoms with Gasteiger partial charge in [-0.15, -0.1) is 0 Å². The summed E-state index contributed by atoms with van der Waals surface area (Å²) >= 11 is 0. The summed E-state index contributed by atoms with van der Waals surface area (Å²) < 4.78 is 10.3. The van der Waals surface area contributed by atoms with Crippen molar-refractivity contribution in [1.29, 1.82) is 0 Å². The summed E-state index contributed by atoms with van der Waals surface area (Å²) in [6, 6.07) is 6.62. The molecule has 0 aromatic heterocycles. The monoisotopic (exact) mass is 223 g/mol. The zero-order valence-electron chi connectivity index (χ0n) is 9.60. The van der Waals surface area contributed by atoms with Gasteiger partial charge in [-0.2, -0.15) is 0 Å². The predicted molar refractivity (Wildman–Crippen MR) is 62.2 cm³/mol. The smallest absolute Gasteiger partial charge is 0.338 e. The van der Waals surface area contributed by atoms with E-state index in [1.54, 1.807) is 24.3 Å². The summed E-state index contributed by atoms with van der Waals surface area (Å²) in [6.45, 7) is 4.54. The Hall–Kier alpha value is -1.55. The van der Waals surface area contributed by atoms with Crippen LogP contribution in [0.15, 0.2) is 24.3 Å². The molecule has 0 heterocycles. The highest BCUT2D eigenvalue weighted by atomic mass is 16.6. The van der Waals surface area contributed by atoms with Crippen LogP contribution < -0.4 is 5.73 Å². The summed E-state index contributed by atoms with van der Waals surface area (Å²) in [7, 11) is 0. The molecule has 1 aromatic rings. The molecule has 0 saturated heterocycles. The second kappa shape index (κ2) is 6.12. The Morgan fingerprint density at radius 1 is 1.25 bits per heavy atom. The molecule has 16 heavy (non-hydrogen) atoms. The molecular formula is C12H17NO3. The van der Waals surface area contributed by atoms with Gasteiger partial charge in [-0.3, -0.25) is 0 Å². The number of esters is 1. The van der Waals surface area contributed by atoms with Crippen molar-refractivity contribution in [2.24, 2.45) is 0 Å². The maximum absolute atomic E-state index is 11.5. The van der Waals surface area contributed by atoms with Gasteiger partial charge in [-0.1, -0.05) is 0 Å². The van der Waals surface area contributed by atoms with Gasteiger partial charge in [-0.25, -0.2) is 4.79 Å². The minimum absolute atomic E-state index is 0.148. The van der Waals surface area contributed by atoms with Crippen LogP contribution in [-0.2, 0) is 9.47 Å². The molecule has 0 unspecified atom stereocenters. The van der Waals surface area contributed by atoms with E-state index >= 15 is 0 Å². The van der Waals surface area contributed by atoms with E-state index in [0.29, 0.717) is 17.9 Å². The SMILES string of the molecule is CC(C)OCCOC(=O)c1ccc(N)cc1. The quantitative estimate of drug-likeness (QED) is 0.470. The molecule has 4 heteroatoms. The van der Waals surface area contributed by atoms with E-state index in [2.05, 4.69) is 0 Å². The number of ether oxygens (including phenoxy) is 2. The Morgan fingerprint density at radius 3 is 2.44 bits per heavy atom. The van der Waals surface area contributed by atoms with Crippen LogP contribution in [0.25, 0.3) is 0 Å². The number of carbonyl (C=O) groups excluding carboxylic acids is 1. The fourth-order valence-electron chi connectivity index (χ4n) is 1.12. The van der Waals surface area contributed by atoms with Gasteiger partial charge in [0.25, 0.3) is 0 Å². The third-order valence-corrected chi connectivity index (χ3v) is 1.91. The van der Waals surface area contributed by atoms with Crippen molar-refractivity contribution in [3.63, 3.8) is 0 Å². The lowest BCUT2D eigenvalue weighted by Crippen LogP contribution is -2.13. The number of benzene rings is 1. The van der Waals surface area contributed by atoms with E-state index in [1.165, 1.54) is 0 Å². The van der Waals surface area contributed by atoms with Gasteiger partial charge < -0.3 is 15.2 Å². The zero-order valence-corrected chi connectivity index (χ0v) is 9.60. The Kier molecular flexibility index (Phi) is 4.79. The third-order valence-electron chi connectivity index (χ3n) is 1.91. The third kappa shape index (κ3) is 4.31. The van der Waals surface area contributed by atoms with Gasteiger partial charge in [0.2, 0.25) is 0 Å². The van der Waals surface area contributed by atoms with Gasteiger partial charge in [0.15, 0.2) is 0 Å². The van der Waals surface area contributed by atoms with Crippen LogP contribution in [0.2, 0.25) is 0 Å². The highest BCUT2D eigenvalue weighted by molar-refractivity contribution is 5.89. The molecule has 0 bridgehead atoms. The van der Waals surface area contributed by atoms with Crippen LogP contribution in [-0.4, -0.2) is 25.3 Å². The van der Waals surface area contributed by atoms with Gasteiger partial charge in [0.05, 0.1) is 18.3 Å². The molecule has 0 spiro atoms. The molecule has 0 aliphatic heterocycles. The molecule has 1 rings (SSSR count). The van der Waals surface area contributed by atoms with Gasteiger partial charge in [0, 0.05) is 5.69 Å². The molecule has 0 amide bonds. The molecule has 0 radical (unpaired) electrons. The lowest BCUT2D eigenvalue weighted by atomic mass is 10.2. The Balaban J connectivity index is 2.32. The van der Waals surface area contributed by atoms with Crippen LogP contribution in [0.3, 0.4) is 0 Å². The maximum Gasteiger partial charge on any atom is 0.338 e. The fraction of sp³-hybridized carbons (Fsp3) is 0.417. The normalized spacial score (nSPS) is 10.4. The van der Waals surface area contributed by atoms with E-state index in [0.717, 1.165) is 0 Å². The number of hydrogen-bond donors (Lipinski definition) is 1. The van der Waals surface area contributed by atoms with Gasteiger partial charge in [0.1, 0.15) is 6.61 Å². The van der Waals surface area contributed by atoms with Crippen LogP contribution >= 0.6 is 0 Å². The summed E-state index contributed by atoms with van der Waals surface area (Å²) in [6.07, 6.45) is 0.148. The topological polar surface area (TPSA) is 61.5 Å². The van der Waals surface area contributed by atoms with Gasteiger partial charge in [-0.05, 0) is 38.1 Å². The van der Waals surface area contributed by atoms with E-state index in [1.807, 2.05) is 13.8 Å². The molecule has 88 valence electrons. The summed E-state index contributed by atoms with van der Waals surface area (Å²) in [5.74, 6) is -0.354. The molecule has 0 aliphatic rings. The fourth-order valence-corrected chi connectivity index (χ4v) is 1.12. The first-order valence-corrected chi connectivity index (χ1v) is 5.24. The number of anilines is 1. The van der Waals surface area contributed by atoms with Crippen LogP contribution in [0.4, 0.5) is 5.69 Å². The standard InChI is InChI=1S/C12H17NO3/c1-9(2)15-7-8-16-12(14)10-3-5-11(13)6-4-10/h3-6,9H,7-8,13H2,1-2H3. The minimum Gasteiger partial charge on any atom is -0.460 e. The van der Waals surface area contributed by atoms with Crippen molar-refractivity contribution in [2.45, 2.75) is 20.0 Å². The second-order valence-electron chi connectivity index (χ2n) is 3.68. The van der Waals surface area contributed by atoms with Crippen molar-refractivity contribution in [1.82, 2.24) is 0 Å². The largest absolute Gasteiger partial charge is 0.460 e. The highest BCUT2D eigenvalue weighted by Gasteiger charge is 2.06. The second-order valence-corrected chi connectivity index (χ2v) is 3.68. The van der Waals surface area contributed by atoms with Crippen molar-refractivity contribution in [3.05, 3.63) is 29.8 Å². The predicted octanol–water partition coefficient (Wildman–Crippen LogP) is 1.85. The minimum atomic E-state index is -0.354. The number of rotatable bonds is 5. The van der Waals surface area contributed by atoms with Crippen molar-refractivity contribution < 1.29 is 14.3 Å². The summed E-state index contributed by atoms with van der Waals surface area (Å²) in [5, 5.41) is 0. The van der Waals surface area contributed by atoms with E-state index in [4.69, 9.17) is 15.2 Å². The molecule has 0 saturated carbocycles. The van der Waals surface area contributed by atoms with E-state index in [9.17, 15) is 4.79 Å². The molecular weight excluding hydrogens is 206 g/mol. The molecule has 2 N–H and O–H groups in total. The number of carbonyl (C=O) groups is 1. The average molecular weight is 223 g/mol. The van der Waals surface area contributed by atoms with E-state index < -0.39 is 0 Å². The first-order chi connectivity index (χ1) is 7.59. The molecule has 4 nitrogen and oxygen atoms in total. The van der Waals surface area contributed by atoms with E-state index in [-0.39, 0.29) is 18.7 Å². The molecule has 0 atom stereocenters. The van der Waals surface area contributed by atoms with Crippen LogP contribution in [0, 0.1) is 0 Å². The zero-order chi connectivity index (χ0) is 12.0. The summed E-state index contributed by atoms with van der Waals surface area (Å²) in [4.78, 5) is 11.5. The average Bonchev–Trinajstić information content (AvgIpc) is 2.25. The Bertz CT molecular complexity index is 333. The van der Waals surface area contributed by atoms with Crippen molar-refractivity contribution in [2.75, 3.05) is 18.9 Å². The summed E-state index contributed by atoms with van der Waals surface area (Å²) in [5.41, 5.74) is 6.63. The molecule has 1 aromatic carbocycles. The number of nitrogen functional groups attached to an aromatic ring is 1. The van der Waals surface area contributed by atoms with Gasteiger partial charge >= 0.3 is 5.97 Å². The Morgan fingerprint density at radius 2 is 1.88 bits per heavy atom. The Labute approximate surface area is 95.3 Å². The maximum atomic E-state index is 11.5. The van der Waals surface area contributed by atoms with Crippen molar-refractivity contribution in [3.8, 4) is 0 Å². The highest BCUT2D eigenvalue weighted by Crippen LogP contribution is 2.06. The number of hydrogen-bond acceptors (Lipinski definition) is 4. The first-order valence-electron chi connectivity index (χ1n) is 5.24. The van der Waals surface area contributed by atoms with Crippen LogP contribution in [0.5, 0.6) is 0 Å². The molecule has 0 fully saturated rings. The van der Waals surface area contributed by atoms with Crippen molar-refractivity contribution >= 4 is 11.7 Å². The molecule has 0 aliphatic carbocycles. The van der Waals surface area contributed by atoms with Crippen LogP contribution in [0.1, 0.15) is 24.2 Å². The number of nitrogens with two attached hydrogens (primary N) is 1. The lowest BCUT2D eigenvalue weighted by Gasteiger charge is -2.08. The lowest BCUT2D eigenvalue weighted by molar-refractivity contribution is 0.0177.